The summed E-state index contributed by atoms with van der Waals surface area (Å²) in [5.74, 6) is 0. The molecule has 0 amide bonds. The monoisotopic (exact) mass is 628 g/mol. The van der Waals surface area contributed by atoms with Crippen molar-refractivity contribution in [3.05, 3.63) is 36.4 Å². The fourth-order valence-corrected chi connectivity index (χ4v) is 16.3. The van der Waals surface area contributed by atoms with E-state index in [1.54, 1.807) is 5.79 Å². The maximum absolute atomic E-state index is 4.52. The van der Waals surface area contributed by atoms with Crippen molar-refractivity contribution in [2.24, 2.45) is 0 Å². The van der Waals surface area contributed by atoms with Crippen molar-refractivity contribution >= 4 is 87.0 Å². The van der Waals surface area contributed by atoms with Crippen molar-refractivity contribution in [2.45, 2.75) is 29.6 Å². The summed E-state index contributed by atoms with van der Waals surface area (Å²) in [6.07, 6.45) is 0. The van der Waals surface area contributed by atoms with E-state index in [4.69, 9.17) is 0 Å². The van der Waals surface area contributed by atoms with Gasteiger partial charge >= 0.3 is 183 Å². The molecule has 1 aromatic carbocycles. The summed E-state index contributed by atoms with van der Waals surface area (Å²) in [6, 6.07) is 13.8. The fourth-order valence-electron chi connectivity index (χ4n) is 3.07. The third-order valence-corrected chi connectivity index (χ3v) is 26.5. The Morgan fingerprint density at radius 1 is 0.704 bits per heavy atom. The molecule has 0 unspecified atom stereocenters. The average Bonchev–Trinajstić information content (AvgIpc) is 3.31. The molecule has 0 spiro atoms. The summed E-state index contributed by atoms with van der Waals surface area (Å²) in [5, 5.41) is 4.52. The number of rotatable bonds is 4. The molecule has 0 N–H and O–H groups in total. The number of hydrogen-bond donors (Lipinski definition) is 0. The molecule has 0 saturated heterocycles. The first-order chi connectivity index (χ1) is 12.6. The van der Waals surface area contributed by atoms with Crippen LogP contribution in [0.5, 0.6) is 0 Å². The number of benzene rings is 1. The van der Waals surface area contributed by atoms with E-state index in [-0.39, 0.29) is 0 Å². The molecule has 27 heavy (non-hydrogen) atoms. The zero-order chi connectivity index (χ0) is 19.4. The first-order valence-electron chi connectivity index (χ1n) is 9.11. The third-order valence-electron chi connectivity index (χ3n) is 4.62. The Labute approximate surface area is 181 Å². The van der Waals surface area contributed by atoms with E-state index >= 15 is 0 Å². The van der Waals surface area contributed by atoms with Gasteiger partial charge in [-0.3, -0.25) is 0 Å². The first kappa shape index (κ1) is 20.3. The molecule has 0 atom stereocenters. The standard InChI is InChI=1S/C14H6N2S3.6CH3.2Sn/c1-3-10(17-7-1)9-5-6-12-14(15-16-19-12)13(9)11-4-2-8-18-11;;;;;;;;/h1-6H;6*1H3;;. The van der Waals surface area contributed by atoms with Crippen LogP contribution >= 0.6 is 34.2 Å². The quantitative estimate of drug-likeness (QED) is 0.251. The summed E-state index contributed by atoms with van der Waals surface area (Å²) in [6.45, 7) is 0. The number of hydrogen-bond acceptors (Lipinski definition) is 5. The Morgan fingerprint density at radius 3 is 1.89 bits per heavy atom. The van der Waals surface area contributed by atoms with Gasteiger partial charge in [-0.05, 0) is 0 Å². The van der Waals surface area contributed by atoms with E-state index in [1.165, 1.54) is 37.1 Å². The molecule has 4 rings (SSSR count). The van der Waals surface area contributed by atoms with E-state index in [2.05, 4.69) is 75.6 Å². The van der Waals surface area contributed by atoms with Gasteiger partial charge in [-0.2, -0.15) is 0 Å². The minimum absolute atomic E-state index is 1.06. The second kappa shape index (κ2) is 7.38. The first-order valence-corrected chi connectivity index (χ1v) is 31.5. The van der Waals surface area contributed by atoms with Crippen LogP contribution in [0.1, 0.15) is 0 Å². The van der Waals surface area contributed by atoms with Crippen LogP contribution < -0.4 is 5.79 Å². The van der Waals surface area contributed by atoms with Gasteiger partial charge in [-0.15, -0.1) is 0 Å². The second-order valence-electron chi connectivity index (χ2n) is 8.94. The number of aromatic nitrogens is 2. The van der Waals surface area contributed by atoms with Crippen LogP contribution in [0, 0.1) is 0 Å². The number of fused-ring (bicyclic) bond motifs is 1. The van der Waals surface area contributed by atoms with Crippen molar-refractivity contribution in [1.29, 1.82) is 0 Å². The third kappa shape index (κ3) is 4.04. The molecule has 0 saturated carbocycles. The van der Waals surface area contributed by atoms with Crippen LogP contribution in [-0.2, 0) is 0 Å². The van der Waals surface area contributed by atoms with Crippen molar-refractivity contribution < 1.29 is 0 Å². The van der Waals surface area contributed by atoms with Crippen molar-refractivity contribution in [2.75, 3.05) is 0 Å². The summed E-state index contributed by atoms with van der Waals surface area (Å²) in [5.41, 5.74) is 3.66. The molecule has 3 heterocycles. The van der Waals surface area contributed by atoms with Crippen LogP contribution in [0.4, 0.5) is 0 Å². The van der Waals surface area contributed by atoms with E-state index in [1.807, 2.05) is 22.7 Å². The molecule has 0 aliphatic carbocycles. The van der Waals surface area contributed by atoms with Crippen molar-refractivity contribution in [3.63, 3.8) is 0 Å². The zero-order valence-corrected chi connectivity index (χ0v) is 24.7. The average molecular weight is 626 g/mol. The van der Waals surface area contributed by atoms with E-state index < -0.39 is 36.8 Å². The predicted octanol–water partition coefficient (Wildman–Crippen LogP) is 6.24. The van der Waals surface area contributed by atoms with E-state index in [0.717, 1.165) is 5.52 Å². The maximum atomic E-state index is 4.52. The fraction of sp³-hybridized carbons (Fsp3) is 0.300. The molecule has 3 aromatic heterocycles. The Balaban J connectivity index is 1.93. The van der Waals surface area contributed by atoms with Gasteiger partial charge in [0.1, 0.15) is 0 Å². The molecular weight excluding hydrogens is 602 g/mol. The van der Waals surface area contributed by atoms with Gasteiger partial charge in [0.25, 0.3) is 0 Å². The van der Waals surface area contributed by atoms with Gasteiger partial charge in [0.15, 0.2) is 0 Å². The van der Waals surface area contributed by atoms with Crippen LogP contribution in [0.25, 0.3) is 31.1 Å². The molecule has 140 valence electrons. The van der Waals surface area contributed by atoms with Gasteiger partial charge in [-0.1, -0.05) is 0 Å². The zero-order valence-electron chi connectivity index (χ0n) is 16.6. The van der Waals surface area contributed by atoms with Crippen LogP contribution in [-0.4, -0.2) is 46.3 Å². The Kier molecular flexibility index (Phi) is 5.55. The Hall–Kier alpha value is 0.0374. The summed E-state index contributed by atoms with van der Waals surface area (Å²) in [4.78, 5) is 17.6. The number of thiophene rings is 2. The molecule has 7 heteroatoms. The SMILES string of the molecule is [CH3][Sn]([CH3])([CH3])[c]1ccc(-c2ccc3snnc3c2-c2cc[c]([Sn]([CH3])([CH3])[CH3])s2)s1. The van der Waals surface area contributed by atoms with Gasteiger partial charge in [0.05, 0.1) is 0 Å². The molecular formula is C20H24N2S3Sn2. The van der Waals surface area contributed by atoms with Gasteiger partial charge in [0, 0.05) is 0 Å². The molecule has 0 aliphatic heterocycles. The molecule has 0 fully saturated rings. The Morgan fingerprint density at radius 2 is 1.30 bits per heavy atom. The summed E-state index contributed by atoms with van der Waals surface area (Å²) in [7, 11) is 0. The van der Waals surface area contributed by atoms with Crippen LogP contribution in [0.3, 0.4) is 0 Å². The Bertz CT molecular complexity index is 1110. The van der Waals surface area contributed by atoms with Crippen LogP contribution in [0.15, 0.2) is 36.4 Å². The second-order valence-corrected chi connectivity index (χ2v) is 42.7. The van der Waals surface area contributed by atoms with Gasteiger partial charge in [-0.25, -0.2) is 0 Å². The molecule has 0 radical (unpaired) electrons. The van der Waals surface area contributed by atoms with E-state index in [9.17, 15) is 0 Å². The molecule has 4 aromatic rings. The summed E-state index contributed by atoms with van der Waals surface area (Å²) < 4.78 is 8.66. The predicted molar refractivity (Wildman–Crippen MR) is 130 cm³/mol. The minimum atomic E-state index is -2.08. The van der Waals surface area contributed by atoms with Crippen LogP contribution in [0.2, 0.25) is 29.6 Å². The van der Waals surface area contributed by atoms with Gasteiger partial charge < -0.3 is 0 Å². The van der Waals surface area contributed by atoms with E-state index in [0.29, 0.717) is 0 Å². The van der Waals surface area contributed by atoms with Gasteiger partial charge in [0.2, 0.25) is 0 Å². The number of nitrogens with zero attached hydrogens (tertiary/aromatic N) is 2. The molecule has 0 bridgehead atoms. The molecule has 2 nitrogen and oxygen atoms in total. The van der Waals surface area contributed by atoms with Crippen molar-refractivity contribution in [3.8, 4) is 20.9 Å². The summed E-state index contributed by atoms with van der Waals surface area (Å²) >= 11 is 1.34. The topological polar surface area (TPSA) is 25.8 Å². The van der Waals surface area contributed by atoms with Crippen molar-refractivity contribution in [1.82, 2.24) is 9.59 Å². The molecule has 0 aliphatic rings. The normalized spacial score (nSPS) is 12.8.